The Morgan fingerprint density at radius 2 is 1.71 bits per heavy atom. The summed E-state index contributed by atoms with van der Waals surface area (Å²) in [4.78, 5) is 0. The molecule has 0 aromatic heterocycles. The molecule has 0 N–H and O–H groups in total. The summed E-state index contributed by atoms with van der Waals surface area (Å²) in [5.41, 5.74) is 0. The standard InChI is InChI=1S/C14H26/c1-2-3-6-12-9-10-13-7-4-5-8-14(13)11-12/h12-14H,2-11H2,1H3/t12-,13+,14-/m1/s1. The summed E-state index contributed by atoms with van der Waals surface area (Å²) >= 11 is 0. The molecule has 0 heterocycles. The Labute approximate surface area is 89.5 Å². The highest BCUT2D eigenvalue weighted by Crippen LogP contribution is 2.43. The summed E-state index contributed by atoms with van der Waals surface area (Å²) in [6.07, 6.45) is 15.3. The van der Waals surface area contributed by atoms with Crippen LogP contribution in [0.1, 0.15) is 71.1 Å². The van der Waals surface area contributed by atoms with Crippen LogP contribution in [0.3, 0.4) is 0 Å². The summed E-state index contributed by atoms with van der Waals surface area (Å²) < 4.78 is 0. The fraction of sp³-hybridized carbons (Fsp3) is 1.00. The monoisotopic (exact) mass is 194 g/mol. The molecule has 0 aromatic rings. The van der Waals surface area contributed by atoms with Crippen molar-refractivity contribution in [2.75, 3.05) is 0 Å². The van der Waals surface area contributed by atoms with Crippen molar-refractivity contribution >= 4 is 0 Å². The summed E-state index contributed by atoms with van der Waals surface area (Å²) in [7, 11) is 0. The lowest BCUT2D eigenvalue weighted by atomic mass is 9.67. The van der Waals surface area contributed by atoms with Gasteiger partial charge in [-0.3, -0.25) is 0 Å². The first-order valence-corrected chi connectivity index (χ1v) is 6.90. The Hall–Kier alpha value is 0. The molecule has 2 aliphatic rings. The lowest BCUT2D eigenvalue weighted by Gasteiger charge is -2.39. The second-order valence-electron chi connectivity index (χ2n) is 5.63. The van der Waals surface area contributed by atoms with Gasteiger partial charge in [-0.1, -0.05) is 58.3 Å². The molecular formula is C14H26. The highest BCUT2D eigenvalue weighted by atomic mass is 14.4. The molecule has 0 nitrogen and oxygen atoms in total. The molecule has 2 rings (SSSR count). The second kappa shape index (κ2) is 5.19. The van der Waals surface area contributed by atoms with E-state index in [1.807, 2.05) is 0 Å². The Balaban J connectivity index is 1.77. The van der Waals surface area contributed by atoms with E-state index in [0.29, 0.717) is 0 Å². The van der Waals surface area contributed by atoms with E-state index in [2.05, 4.69) is 6.92 Å². The van der Waals surface area contributed by atoms with Gasteiger partial charge in [0.2, 0.25) is 0 Å². The van der Waals surface area contributed by atoms with Gasteiger partial charge in [0.1, 0.15) is 0 Å². The third kappa shape index (κ3) is 2.52. The molecular weight excluding hydrogens is 168 g/mol. The van der Waals surface area contributed by atoms with Gasteiger partial charge >= 0.3 is 0 Å². The molecule has 82 valence electrons. The molecule has 14 heavy (non-hydrogen) atoms. The Kier molecular flexibility index (Phi) is 3.89. The van der Waals surface area contributed by atoms with Crippen LogP contribution in [0.5, 0.6) is 0 Å². The van der Waals surface area contributed by atoms with E-state index in [1.165, 1.54) is 32.1 Å². The summed E-state index contributed by atoms with van der Waals surface area (Å²) in [6.45, 7) is 2.33. The molecule has 2 aliphatic carbocycles. The molecule has 0 saturated heterocycles. The molecule has 0 bridgehead atoms. The van der Waals surface area contributed by atoms with E-state index in [4.69, 9.17) is 0 Å². The molecule has 2 fully saturated rings. The summed E-state index contributed by atoms with van der Waals surface area (Å²) in [5.74, 6) is 3.38. The smallest absolute Gasteiger partial charge is 0.0383 e. The fourth-order valence-electron chi connectivity index (χ4n) is 3.73. The predicted molar refractivity (Wildman–Crippen MR) is 62.3 cm³/mol. The van der Waals surface area contributed by atoms with Gasteiger partial charge in [0.15, 0.2) is 0 Å². The highest BCUT2D eigenvalue weighted by Gasteiger charge is 2.31. The average Bonchev–Trinajstić information content (AvgIpc) is 2.26. The van der Waals surface area contributed by atoms with E-state index in [0.717, 1.165) is 17.8 Å². The van der Waals surface area contributed by atoms with Gasteiger partial charge in [0.25, 0.3) is 0 Å². The fourth-order valence-corrected chi connectivity index (χ4v) is 3.73. The van der Waals surface area contributed by atoms with Crippen LogP contribution in [0.4, 0.5) is 0 Å². The van der Waals surface area contributed by atoms with Gasteiger partial charge in [0, 0.05) is 0 Å². The zero-order chi connectivity index (χ0) is 9.80. The average molecular weight is 194 g/mol. The maximum Gasteiger partial charge on any atom is -0.0383 e. The maximum absolute atomic E-state index is 2.33. The van der Waals surface area contributed by atoms with E-state index in [-0.39, 0.29) is 0 Å². The molecule has 3 atom stereocenters. The van der Waals surface area contributed by atoms with E-state index >= 15 is 0 Å². The molecule has 0 spiro atoms. The molecule has 0 heteroatoms. The van der Waals surface area contributed by atoms with Crippen LogP contribution in [-0.2, 0) is 0 Å². The lowest BCUT2D eigenvalue weighted by molar-refractivity contribution is 0.124. The zero-order valence-corrected chi connectivity index (χ0v) is 9.80. The van der Waals surface area contributed by atoms with Gasteiger partial charge in [-0.05, 0) is 30.6 Å². The maximum atomic E-state index is 2.33. The van der Waals surface area contributed by atoms with Crippen LogP contribution in [0.2, 0.25) is 0 Å². The van der Waals surface area contributed by atoms with Gasteiger partial charge in [0.05, 0.1) is 0 Å². The van der Waals surface area contributed by atoms with Crippen molar-refractivity contribution in [3.05, 3.63) is 0 Å². The molecule has 2 saturated carbocycles. The second-order valence-corrected chi connectivity index (χ2v) is 5.63. The normalized spacial score (nSPS) is 37.9. The van der Waals surface area contributed by atoms with Gasteiger partial charge < -0.3 is 0 Å². The van der Waals surface area contributed by atoms with Crippen molar-refractivity contribution in [1.82, 2.24) is 0 Å². The third-order valence-corrected chi connectivity index (χ3v) is 4.61. The highest BCUT2D eigenvalue weighted by molar-refractivity contribution is 4.82. The summed E-state index contributed by atoms with van der Waals surface area (Å²) in [5, 5.41) is 0. The van der Waals surface area contributed by atoms with Crippen LogP contribution in [-0.4, -0.2) is 0 Å². The number of unbranched alkanes of at least 4 members (excludes halogenated alkanes) is 1. The van der Waals surface area contributed by atoms with Crippen LogP contribution in [0, 0.1) is 17.8 Å². The van der Waals surface area contributed by atoms with Crippen LogP contribution in [0.25, 0.3) is 0 Å². The summed E-state index contributed by atoms with van der Waals surface area (Å²) in [6, 6.07) is 0. The zero-order valence-electron chi connectivity index (χ0n) is 9.80. The van der Waals surface area contributed by atoms with E-state index < -0.39 is 0 Å². The number of rotatable bonds is 3. The predicted octanol–water partition coefficient (Wildman–Crippen LogP) is 4.78. The number of hydrogen-bond donors (Lipinski definition) is 0. The molecule has 0 unspecified atom stereocenters. The van der Waals surface area contributed by atoms with Gasteiger partial charge in [-0.15, -0.1) is 0 Å². The Morgan fingerprint density at radius 3 is 2.50 bits per heavy atom. The van der Waals surface area contributed by atoms with Crippen LogP contribution >= 0.6 is 0 Å². The topological polar surface area (TPSA) is 0 Å². The molecule has 0 aliphatic heterocycles. The first-order chi connectivity index (χ1) is 6.90. The lowest BCUT2D eigenvalue weighted by Crippen LogP contribution is -2.27. The number of fused-ring (bicyclic) bond motifs is 1. The van der Waals surface area contributed by atoms with Gasteiger partial charge in [-0.25, -0.2) is 0 Å². The number of hydrogen-bond acceptors (Lipinski definition) is 0. The van der Waals surface area contributed by atoms with Gasteiger partial charge in [-0.2, -0.15) is 0 Å². The van der Waals surface area contributed by atoms with Crippen molar-refractivity contribution in [2.24, 2.45) is 17.8 Å². The van der Waals surface area contributed by atoms with Crippen molar-refractivity contribution in [2.45, 2.75) is 71.1 Å². The largest absolute Gasteiger partial charge is 0.0654 e. The van der Waals surface area contributed by atoms with Crippen LogP contribution < -0.4 is 0 Å². The molecule has 0 radical (unpaired) electrons. The SMILES string of the molecule is CCCC[C@@H]1CC[C@@H]2CCCC[C@@H]2C1. The molecule has 0 amide bonds. The third-order valence-electron chi connectivity index (χ3n) is 4.61. The van der Waals surface area contributed by atoms with E-state index in [9.17, 15) is 0 Å². The Morgan fingerprint density at radius 1 is 0.929 bits per heavy atom. The first-order valence-electron chi connectivity index (χ1n) is 6.90. The van der Waals surface area contributed by atoms with Crippen molar-refractivity contribution in [3.8, 4) is 0 Å². The molecule has 0 aromatic carbocycles. The van der Waals surface area contributed by atoms with E-state index in [1.54, 1.807) is 32.1 Å². The first kappa shape index (κ1) is 10.5. The van der Waals surface area contributed by atoms with Crippen molar-refractivity contribution in [3.63, 3.8) is 0 Å². The minimum absolute atomic E-state index is 1.11. The van der Waals surface area contributed by atoms with Crippen molar-refractivity contribution in [1.29, 1.82) is 0 Å². The van der Waals surface area contributed by atoms with Crippen LogP contribution in [0.15, 0.2) is 0 Å². The minimum atomic E-state index is 1.11. The van der Waals surface area contributed by atoms with Crippen molar-refractivity contribution < 1.29 is 0 Å². The Bertz CT molecular complexity index is 161. The minimum Gasteiger partial charge on any atom is -0.0654 e. The quantitative estimate of drug-likeness (QED) is 0.606.